The molecule has 0 saturated heterocycles. The molecule has 0 aliphatic rings. The summed E-state index contributed by atoms with van der Waals surface area (Å²) in [6.45, 7) is 0. The fourth-order valence-electron chi connectivity index (χ4n) is 0.959. The number of nitrogens with one attached hydrogen (secondary N) is 1. The molecule has 0 aromatic heterocycles. The molecule has 3 heteroatoms. The van der Waals surface area contributed by atoms with Crippen molar-refractivity contribution in [3.05, 3.63) is 66.7 Å². The molecule has 0 radical (unpaired) electrons. The quantitative estimate of drug-likeness (QED) is 0.736. The molecule has 0 fully saturated rings. The first-order valence-corrected chi connectivity index (χ1v) is 4.60. The number of hydrogen-bond donors (Lipinski definition) is 2. The van der Waals surface area contributed by atoms with E-state index in [1.807, 2.05) is 66.7 Å². The van der Waals surface area contributed by atoms with Crippen LogP contribution in [0.1, 0.15) is 0 Å². The second-order valence-electron chi connectivity index (χ2n) is 2.74. The Morgan fingerprint density at radius 2 is 1.13 bits per heavy atom. The maximum Gasteiger partial charge on any atom is 0.0623 e. The van der Waals surface area contributed by atoms with E-state index in [1.54, 1.807) is 0 Å². The van der Waals surface area contributed by atoms with Crippen LogP contribution >= 0.6 is 0 Å². The van der Waals surface area contributed by atoms with E-state index < -0.39 is 0 Å². The van der Waals surface area contributed by atoms with Crippen molar-refractivity contribution in [3.63, 3.8) is 0 Å². The minimum Gasteiger partial charge on any atom is -0.248 e. The van der Waals surface area contributed by atoms with Gasteiger partial charge in [-0.3, -0.25) is 0 Å². The molecule has 3 N–H and O–H groups in total. The molecule has 78 valence electrons. The van der Waals surface area contributed by atoms with E-state index >= 15 is 0 Å². The van der Waals surface area contributed by atoms with E-state index in [0.29, 0.717) is 0 Å². The lowest BCUT2D eigenvalue weighted by Crippen LogP contribution is -2.06. The third-order valence-corrected chi connectivity index (χ3v) is 1.62. The Morgan fingerprint density at radius 3 is 1.53 bits per heavy atom. The van der Waals surface area contributed by atoms with E-state index in [0.717, 1.165) is 5.69 Å². The van der Waals surface area contributed by atoms with Crippen molar-refractivity contribution in [2.75, 3.05) is 5.48 Å². The Kier molecular flexibility index (Phi) is 5.66. The normalized spacial score (nSPS) is 8.60. The summed E-state index contributed by atoms with van der Waals surface area (Å²) in [5, 5.41) is 0. The number of anilines is 1. The number of nitrogens with two attached hydrogens (primary N) is 1. The van der Waals surface area contributed by atoms with Gasteiger partial charge in [0.05, 0.1) is 5.69 Å². The number of para-hydroxylation sites is 1. The lowest BCUT2D eigenvalue weighted by molar-refractivity contribution is 0.201. The molecule has 0 unspecified atom stereocenters. The lowest BCUT2D eigenvalue weighted by Gasteiger charge is -1.98. The van der Waals surface area contributed by atoms with Gasteiger partial charge in [-0.05, 0) is 12.1 Å². The number of hydrogen-bond acceptors (Lipinski definition) is 3. The first kappa shape index (κ1) is 11.2. The van der Waals surface area contributed by atoms with Crippen LogP contribution in [0.3, 0.4) is 0 Å². The van der Waals surface area contributed by atoms with Crippen molar-refractivity contribution < 1.29 is 4.94 Å². The monoisotopic (exact) mass is 202 g/mol. The molecule has 0 aliphatic heterocycles. The third kappa shape index (κ3) is 5.46. The van der Waals surface area contributed by atoms with E-state index in [9.17, 15) is 0 Å². The van der Waals surface area contributed by atoms with Crippen molar-refractivity contribution in [1.82, 2.24) is 0 Å². The second kappa shape index (κ2) is 7.55. The van der Waals surface area contributed by atoms with Gasteiger partial charge in [0, 0.05) is 0 Å². The zero-order chi connectivity index (χ0) is 10.8. The van der Waals surface area contributed by atoms with Gasteiger partial charge in [0.2, 0.25) is 0 Å². The van der Waals surface area contributed by atoms with Crippen molar-refractivity contribution >= 4 is 5.69 Å². The average molecular weight is 202 g/mol. The van der Waals surface area contributed by atoms with Gasteiger partial charge < -0.3 is 0 Å². The minimum absolute atomic E-state index is 0.847. The van der Waals surface area contributed by atoms with Crippen LogP contribution in [-0.4, -0.2) is 0 Å². The van der Waals surface area contributed by atoms with Crippen LogP contribution in [0.5, 0.6) is 0 Å². The molecule has 0 saturated carbocycles. The van der Waals surface area contributed by atoms with Gasteiger partial charge in [-0.1, -0.05) is 54.6 Å². The Morgan fingerprint density at radius 1 is 0.733 bits per heavy atom. The molecule has 0 aliphatic carbocycles. The van der Waals surface area contributed by atoms with Crippen LogP contribution < -0.4 is 11.4 Å². The maximum atomic E-state index is 4.75. The van der Waals surface area contributed by atoms with Crippen LogP contribution in [-0.2, 0) is 4.94 Å². The smallest absolute Gasteiger partial charge is 0.0623 e. The van der Waals surface area contributed by atoms with E-state index in [4.69, 9.17) is 5.90 Å². The molecule has 15 heavy (non-hydrogen) atoms. The lowest BCUT2D eigenvalue weighted by atomic mass is 10.3. The third-order valence-electron chi connectivity index (χ3n) is 1.62. The van der Waals surface area contributed by atoms with Gasteiger partial charge >= 0.3 is 0 Å². The molecule has 0 amide bonds. The average Bonchev–Trinajstić information content (AvgIpc) is 2.34. The summed E-state index contributed by atoms with van der Waals surface area (Å²) in [5.41, 5.74) is 3.33. The Bertz CT molecular complexity index is 311. The first-order valence-electron chi connectivity index (χ1n) is 4.60. The van der Waals surface area contributed by atoms with Gasteiger partial charge in [0.25, 0.3) is 0 Å². The number of benzene rings is 2. The fraction of sp³-hybridized carbons (Fsp3) is 0. The van der Waals surface area contributed by atoms with Gasteiger partial charge in [-0.15, -0.1) is 0 Å². The summed E-state index contributed by atoms with van der Waals surface area (Å²) in [5.74, 6) is 4.75. The Balaban J connectivity index is 0.000000162. The Labute approximate surface area is 89.4 Å². The summed E-state index contributed by atoms with van der Waals surface area (Å²) < 4.78 is 0. The van der Waals surface area contributed by atoms with Crippen molar-refractivity contribution in [1.29, 1.82) is 0 Å². The summed E-state index contributed by atoms with van der Waals surface area (Å²) in [6.07, 6.45) is 0. The van der Waals surface area contributed by atoms with E-state index in [2.05, 4.69) is 10.4 Å². The summed E-state index contributed by atoms with van der Waals surface area (Å²) in [7, 11) is 0. The highest BCUT2D eigenvalue weighted by Crippen LogP contribution is 2.02. The van der Waals surface area contributed by atoms with Gasteiger partial charge in [-0.25, -0.2) is 5.48 Å². The van der Waals surface area contributed by atoms with E-state index in [1.165, 1.54) is 0 Å². The zero-order valence-electron chi connectivity index (χ0n) is 8.34. The molecular weight excluding hydrogens is 188 g/mol. The molecule has 0 heterocycles. The summed E-state index contributed by atoms with van der Waals surface area (Å²) in [6, 6.07) is 21.4. The zero-order valence-corrected chi connectivity index (χ0v) is 8.34. The summed E-state index contributed by atoms with van der Waals surface area (Å²) >= 11 is 0. The summed E-state index contributed by atoms with van der Waals surface area (Å²) in [4.78, 5) is 4.18. The highest BCUT2D eigenvalue weighted by atomic mass is 16.8. The second-order valence-corrected chi connectivity index (χ2v) is 2.74. The molecule has 2 aromatic carbocycles. The highest BCUT2D eigenvalue weighted by Gasteiger charge is 1.82. The van der Waals surface area contributed by atoms with Crippen LogP contribution in [0.25, 0.3) is 0 Å². The highest BCUT2D eigenvalue weighted by molar-refractivity contribution is 5.39. The molecule has 3 nitrogen and oxygen atoms in total. The number of rotatable bonds is 2. The van der Waals surface area contributed by atoms with Crippen molar-refractivity contribution in [2.24, 2.45) is 5.90 Å². The van der Waals surface area contributed by atoms with Gasteiger partial charge in [0.15, 0.2) is 0 Å². The van der Waals surface area contributed by atoms with Gasteiger partial charge in [0.1, 0.15) is 0 Å². The van der Waals surface area contributed by atoms with Crippen molar-refractivity contribution in [3.8, 4) is 0 Å². The molecule has 0 spiro atoms. The predicted octanol–water partition coefficient (Wildman–Crippen LogP) is 2.59. The topological polar surface area (TPSA) is 47.3 Å². The van der Waals surface area contributed by atoms with Crippen molar-refractivity contribution in [2.45, 2.75) is 0 Å². The predicted molar refractivity (Wildman–Crippen MR) is 61.8 cm³/mol. The first-order chi connectivity index (χ1) is 7.43. The van der Waals surface area contributed by atoms with Crippen LogP contribution in [0, 0.1) is 0 Å². The van der Waals surface area contributed by atoms with Crippen LogP contribution in [0.15, 0.2) is 66.7 Å². The largest absolute Gasteiger partial charge is 0.248 e. The SMILES string of the molecule is NONc1ccccc1.c1ccccc1. The van der Waals surface area contributed by atoms with Crippen LogP contribution in [0.2, 0.25) is 0 Å². The Hall–Kier alpha value is -1.84. The van der Waals surface area contributed by atoms with E-state index in [-0.39, 0.29) is 0 Å². The molecule has 0 atom stereocenters. The molecular formula is C12H14N2O. The van der Waals surface area contributed by atoms with Gasteiger partial charge in [-0.2, -0.15) is 10.8 Å². The van der Waals surface area contributed by atoms with Crippen LogP contribution in [0.4, 0.5) is 5.69 Å². The molecule has 2 aromatic rings. The standard InChI is InChI=1S/C6H8N2O.C6H6/c7-9-8-6-4-2-1-3-5-6;1-2-4-6-5-3-1/h1-5,8H,7H2;1-6H. The molecule has 0 bridgehead atoms. The maximum absolute atomic E-state index is 4.75. The molecule has 2 rings (SSSR count). The minimum atomic E-state index is 0.847. The fourth-order valence-corrected chi connectivity index (χ4v) is 0.959.